The van der Waals surface area contributed by atoms with E-state index < -0.39 is 0 Å². The maximum absolute atomic E-state index is 3.79. The van der Waals surface area contributed by atoms with Gasteiger partial charge in [0.15, 0.2) is 0 Å². The maximum Gasteiger partial charge on any atom is 0.00698 e. The maximum atomic E-state index is 3.79. The summed E-state index contributed by atoms with van der Waals surface area (Å²) in [5.74, 6) is 2.00. The van der Waals surface area contributed by atoms with E-state index in [1.165, 1.54) is 64.6 Å². The Morgan fingerprint density at radius 2 is 1.82 bits per heavy atom. The number of likely N-dealkylation sites (tertiary alicyclic amines) is 1. The molecule has 2 heteroatoms. The summed E-state index contributed by atoms with van der Waals surface area (Å²) in [6.45, 7) is 6.22. The first-order valence-electron chi connectivity index (χ1n) is 7.69. The van der Waals surface area contributed by atoms with E-state index in [2.05, 4.69) is 24.2 Å². The van der Waals surface area contributed by atoms with Crippen molar-refractivity contribution in [3.63, 3.8) is 0 Å². The molecule has 0 amide bonds. The summed E-state index contributed by atoms with van der Waals surface area (Å²) < 4.78 is 0. The van der Waals surface area contributed by atoms with E-state index in [1.54, 1.807) is 0 Å². The fourth-order valence-corrected chi connectivity index (χ4v) is 3.47. The lowest BCUT2D eigenvalue weighted by molar-refractivity contribution is 0.210. The number of piperidine rings is 1. The molecule has 2 unspecified atom stereocenters. The summed E-state index contributed by atoms with van der Waals surface area (Å²) in [6.07, 6.45) is 9.94. The molecule has 1 aliphatic carbocycles. The average molecular weight is 238 g/mol. The topological polar surface area (TPSA) is 15.3 Å². The van der Waals surface area contributed by atoms with Gasteiger partial charge < -0.3 is 10.2 Å². The Morgan fingerprint density at radius 3 is 2.47 bits per heavy atom. The lowest BCUT2D eigenvalue weighted by Crippen LogP contribution is -2.33. The van der Waals surface area contributed by atoms with E-state index in [0.717, 1.165) is 17.9 Å². The van der Waals surface area contributed by atoms with Crippen molar-refractivity contribution in [3.8, 4) is 0 Å². The second kappa shape index (κ2) is 6.75. The molecule has 1 saturated heterocycles. The molecule has 2 atom stereocenters. The SMILES string of the molecule is CCC1CCC(NCCC2CCN(C)CC2)C1. The van der Waals surface area contributed by atoms with Gasteiger partial charge in [0.25, 0.3) is 0 Å². The lowest BCUT2D eigenvalue weighted by Gasteiger charge is -2.29. The molecule has 2 rings (SSSR count). The van der Waals surface area contributed by atoms with Gasteiger partial charge in [-0.15, -0.1) is 0 Å². The highest BCUT2D eigenvalue weighted by atomic mass is 15.1. The van der Waals surface area contributed by atoms with Gasteiger partial charge in [-0.25, -0.2) is 0 Å². The number of hydrogen-bond acceptors (Lipinski definition) is 2. The van der Waals surface area contributed by atoms with Gasteiger partial charge in [-0.2, -0.15) is 0 Å². The summed E-state index contributed by atoms with van der Waals surface area (Å²) in [6, 6.07) is 0.839. The minimum atomic E-state index is 0.839. The van der Waals surface area contributed by atoms with Crippen LogP contribution in [0.2, 0.25) is 0 Å². The monoisotopic (exact) mass is 238 g/mol. The number of nitrogens with one attached hydrogen (secondary N) is 1. The molecule has 17 heavy (non-hydrogen) atoms. The van der Waals surface area contributed by atoms with Crippen LogP contribution in [0, 0.1) is 11.8 Å². The fraction of sp³-hybridized carbons (Fsp3) is 1.00. The first-order chi connectivity index (χ1) is 8.28. The molecule has 100 valence electrons. The van der Waals surface area contributed by atoms with Gasteiger partial charge in [-0.05, 0) is 77.0 Å². The van der Waals surface area contributed by atoms with Crippen LogP contribution in [0.3, 0.4) is 0 Å². The van der Waals surface area contributed by atoms with E-state index in [1.807, 2.05) is 0 Å². The Kier molecular flexibility index (Phi) is 5.30. The van der Waals surface area contributed by atoms with Crippen LogP contribution in [0.15, 0.2) is 0 Å². The predicted octanol–water partition coefficient (Wildman–Crippen LogP) is 2.89. The van der Waals surface area contributed by atoms with Crippen LogP contribution in [0.1, 0.15) is 51.9 Å². The van der Waals surface area contributed by atoms with Gasteiger partial charge in [0, 0.05) is 6.04 Å². The molecule has 0 aromatic carbocycles. The summed E-state index contributed by atoms with van der Waals surface area (Å²) in [4.78, 5) is 2.47. The highest BCUT2D eigenvalue weighted by molar-refractivity contribution is 4.80. The summed E-state index contributed by atoms with van der Waals surface area (Å²) >= 11 is 0. The molecule has 2 aliphatic rings. The first kappa shape index (κ1) is 13.4. The smallest absolute Gasteiger partial charge is 0.00698 e. The van der Waals surface area contributed by atoms with Gasteiger partial charge in [0.2, 0.25) is 0 Å². The largest absolute Gasteiger partial charge is 0.314 e. The fourth-order valence-electron chi connectivity index (χ4n) is 3.47. The number of rotatable bonds is 5. The number of hydrogen-bond donors (Lipinski definition) is 1. The van der Waals surface area contributed by atoms with E-state index in [9.17, 15) is 0 Å². The van der Waals surface area contributed by atoms with Crippen LogP contribution < -0.4 is 5.32 Å². The third-order valence-corrected chi connectivity index (χ3v) is 4.94. The molecule has 0 spiro atoms. The summed E-state index contributed by atoms with van der Waals surface area (Å²) in [7, 11) is 2.25. The molecular weight excluding hydrogens is 208 g/mol. The van der Waals surface area contributed by atoms with E-state index in [4.69, 9.17) is 0 Å². The first-order valence-corrected chi connectivity index (χ1v) is 7.69. The quantitative estimate of drug-likeness (QED) is 0.792. The van der Waals surface area contributed by atoms with Crippen molar-refractivity contribution in [2.75, 3.05) is 26.7 Å². The van der Waals surface area contributed by atoms with Crippen LogP contribution in [-0.2, 0) is 0 Å². The summed E-state index contributed by atoms with van der Waals surface area (Å²) in [5, 5.41) is 3.79. The molecule has 1 heterocycles. The molecule has 2 nitrogen and oxygen atoms in total. The van der Waals surface area contributed by atoms with Crippen molar-refractivity contribution in [2.24, 2.45) is 11.8 Å². The predicted molar refractivity (Wildman–Crippen MR) is 74.3 cm³/mol. The molecule has 1 aliphatic heterocycles. The minimum absolute atomic E-state index is 0.839. The van der Waals surface area contributed by atoms with Gasteiger partial charge in [-0.1, -0.05) is 13.3 Å². The van der Waals surface area contributed by atoms with Gasteiger partial charge in [-0.3, -0.25) is 0 Å². The van der Waals surface area contributed by atoms with Crippen molar-refractivity contribution < 1.29 is 0 Å². The third-order valence-electron chi connectivity index (χ3n) is 4.94. The third kappa shape index (κ3) is 4.26. The normalized spacial score (nSPS) is 32.1. The summed E-state index contributed by atoms with van der Waals surface area (Å²) in [5.41, 5.74) is 0. The molecule has 1 saturated carbocycles. The van der Waals surface area contributed by atoms with Crippen molar-refractivity contribution in [1.82, 2.24) is 10.2 Å². The number of nitrogens with zero attached hydrogens (tertiary/aromatic N) is 1. The Hall–Kier alpha value is -0.0800. The van der Waals surface area contributed by atoms with E-state index in [0.29, 0.717) is 0 Å². The van der Waals surface area contributed by atoms with Crippen LogP contribution >= 0.6 is 0 Å². The van der Waals surface area contributed by atoms with Crippen molar-refractivity contribution in [3.05, 3.63) is 0 Å². The van der Waals surface area contributed by atoms with Gasteiger partial charge in [0.05, 0.1) is 0 Å². The van der Waals surface area contributed by atoms with Crippen LogP contribution in [0.25, 0.3) is 0 Å². The molecule has 0 bridgehead atoms. The van der Waals surface area contributed by atoms with Crippen LogP contribution in [0.4, 0.5) is 0 Å². The minimum Gasteiger partial charge on any atom is -0.314 e. The van der Waals surface area contributed by atoms with E-state index in [-0.39, 0.29) is 0 Å². The Morgan fingerprint density at radius 1 is 1.06 bits per heavy atom. The van der Waals surface area contributed by atoms with Crippen LogP contribution in [0.5, 0.6) is 0 Å². The zero-order valence-electron chi connectivity index (χ0n) is 11.8. The zero-order valence-corrected chi connectivity index (χ0v) is 11.8. The average Bonchev–Trinajstić information content (AvgIpc) is 2.80. The van der Waals surface area contributed by atoms with Crippen molar-refractivity contribution >= 4 is 0 Å². The highest BCUT2D eigenvalue weighted by Crippen LogP contribution is 2.28. The van der Waals surface area contributed by atoms with Gasteiger partial charge >= 0.3 is 0 Å². The Balaban J connectivity index is 1.54. The van der Waals surface area contributed by atoms with Gasteiger partial charge in [0.1, 0.15) is 0 Å². The standard InChI is InChI=1S/C15H30N2/c1-3-13-4-5-15(12-13)16-9-6-14-7-10-17(2)11-8-14/h13-16H,3-12H2,1-2H3. The molecule has 0 aromatic heterocycles. The second-order valence-corrected chi connectivity index (χ2v) is 6.27. The van der Waals surface area contributed by atoms with Crippen LogP contribution in [-0.4, -0.2) is 37.6 Å². The Labute approximate surface area is 107 Å². The zero-order chi connectivity index (χ0) is 12.1. The molecule has 2 fully saturated rings. The second-order valence-electron chi connectivity index (χ2n) is 6.27. The lowest BCUT2D eigenvalue weighted by atomic mass is 9.94. The molecule has 1 N–H and O–H groups in total. The molecule has 0 radical (unpaired) electrons. The van der Waals surface area contributed by atoms with Crippen molar-refractivity contribution in [2.45, 2.75) is 57.9 Å². The van der Waals surface area contributed by atoms with Crippen molar-refractivity contribution in [1.29, 1.82) is 0 Å². The highest BCUT2D eigenvalue weighted by Gasteiger charge is 2.23. The van der Waals surface area contributed by atoms with E-state index >= 15 is 0 Å². The molecule has 0 aromatic rings. The Bertz CT molecular complexity index is 207. The molecular formula is C15H30N2.